The number of benzene rings is 2. The Morgan fingerprint density at radius 1 is 1.12 bits per heavy atom. The van der Waals surface area contributed by atoms with Crippen molar-refractivity contribution >= 4 is 24.2 Å². The molecule has 0 aliphatic carbocycles. The van der Waals surface area contributed by atoms with Gasteiger partial charge in [0.25, 0.3) is 5.91 Å². The summed E-state index contributed by atoms with van der Waals surface area (Å²) in [6.45, 7) is 4.30. The molecule has 6 nitrogen and oxygen atoms in total. The Labute approximate surface area is 153 Å². The van der Waals surface area contributed by atoms with Crippen molar-refractivity contribution in [2.24, 2.45) is 9.98 Å². The van der Waals surface area contributed by atoms with E-state index in [9.17, 15) is 4.79 Å². The monoisotopic (exact) mass is 353 g/mol. The zero-order valence-electron chi connectivity index (χ0n) is 15.1. The van der Waals surface area contributed by atoms with Crippen molar-refractivity contribution in [3.8, 4) is 5.75 Å². The van der Waals surface area contributed by atoms with Crippen LogP contribution in [0.3, 0.4) is 0 Å². The van der Waals surface area contributed by atoms with Crippen molar-refractivity contribution in [2.75, 3.05) is 33.9 Å². The second-order valence-corrected chi connectivity index (χ2v) is 5.47. The van der Waals surface area contributed by atoms with Gasteiger partial charge in [-0.05, 0) is 31.0 Å². The van der Waals surface area contributed by atoms with E-state index in [2.05, 4.69) is 16.7 Å². The third kappa shape index (κ3) is 5.44. The maximum atomic E-state index is 12.2. The number of ether oxygens (including phenoxy) is 2. The SMILES string of the molecule is C=Nc1ccccc1/C(=N\C)OCC(=O)N(C)CCOc1ccccc1. The molecule has 0 bridgehead atoms. The summed E-state index contributed by atoms with van der Waals surface area (Å²) < 4.78 is 11.2. The Bertz CT molecular complexity index is 760. The Kier molecular flexibility index (Phi) is 7.36. The molecule has 0 aliphatic rings. The molecule has 0 aliphatic heterocycles. The number of carbonyl (C=O) groups is 1. The average molecular weight is 353 g/mol. The van der Waals surface area contributed by atoms with Crippen LogP contribution in [0.25, 0.3) is 0 Å². The molecule has 0 saturated carbocycles. The third-order valence-corrected chi connectivity index (χ3v) is 3.70. The van der Waals surface area contributed by atoms with Crippen molar-refractivity contribution in [3.05, 3.63) is 60.2 Å². The molecule has 0 aromatic heterocycles. The van der Waals surface area contributed by atoms with Gasteiger partial charge in [0.2, 0.25) is 5.90 Å². The molecule has 0 heterocycles. The van der Waals surface area contributed by atoms with E-state index in [1.54, 1.807) is 19.0 Å². The van der Waals surface area contributed by atoms with Gasteiger partial charge in [0.1, 0.15) is 12.4 Å². The van der Waals surface area contributed by atoms with Gasteiger partial charge < -0.3 is 14.4 Å². The van der Waals surface area contributed by atoms with Gasteiger partial charge in [-0.3, -0.25) is 14.8 Å². The van der Waals surface area contributed by atoms with E-state index in [0.29, 0.717) is 30.3 Å². The predicted octanol–water partition coefficient (Wildman–Crippen LogP) is 2.95. The fraction of sp³-hybridized carbons (Fsp3) is 0.250. The van der Waals surface area contributed by atoms with Gasteiger partial charge in [-0.2, -0.15) is 0 Å². The van der Waals surface area contributed by atoms with Crippen LogP contribution in [0.15, 0.2) is 64.6 Å². The minimum atomic E-state index is -0.160. The van der Waals surface area contributed by atoms with Crippen molar-refractivity contribution < 1.29 is 14.3 Å². The number of rotatable bonds is 8. The second-order valence-electron chi connectivity index (χ2n) is 5.47. The maximum absolute atomic E-state index is 12.2. The summed E-state index contributed by atoms with van der Waals surface area (Å²) in [6.07, 6.45) is 0. The summed E-state index contributed by atoms with van der Waals surface area (Å²) in [5.41, 5.74) is 1.36. The van der Waals surface area contributed by atoms with E-state index in [-0.39, 0.29) is 12.5 Å². The van der Waals surface area contributed by atoms with Crippen LogP contribution in [0.5, 0.6) is 5.75 Å². The van der Waals surface area contributed by atoms with E-state index in [1.165, 1.54) is 0 Å². The zero-order valence-corrected chi connectivity index (χ0v) is 15.1. The van der Waals surface area contributed by atoms with Gasteiger partial charge in [-0.15, -0.1) is 0 Å². The lowest BCUT2D eigenvalue weighted by Gasteiger charge is -2.18. The molecule has 1 amide bonds. The Morgan fingerprint density at radius 3 is 2.50 bits per heavy atom. The summed E-state index contributed by atoms with van der Waals surface area (Å²) in [5, 5.41) is 0. The van der Waals surface area contributed by atoms with Gasteiger partial charge in [-0.1, -0.05) is 30.3 Å². The Balaban J connectivity index is 1.83. The highest BCUT2D eigenvalue weighted by Crippen LogP contribution is 2.19. The first-order valence-electron chi connectivity index (χ1n) is 8.23. The van der Waals surface area contributed by atoms with E-state index in [1.807, 2.05) is 54.6 Å². The fourth-order valence-electron chi connectivity index (χ4n) is 2.24. The van der Waals surface area contributed by atoms with Gasteiger partial charge in [0.15, 0.2) is 6.61 Å². The summed E-state index contributed by atoms with van der Waals surface area (Å²) in [5.74, 6) is 0.973. The number of para-hydroxylation sites is 2. The van der Waals surface area contributed by atoms with Crippen molar-refractivity contribution in [3.63, 3.8) is 0 Å². The lowest BCUT2D eigenvalue weighted by Crippen LogP contribution is -2.34. The molecule has 0 unspecified atom stereocenters. The molecule has 2 aromatic carbocycles. The molecule has 0 saturated heterocycles. The lowest BCUT2D eigenvalue weighted by molar-refractivity contribution is -0.132. The first-order chi connectivity index (χ1) is 12.7. The van der Waals surface area contributed by atoms with E-state index >= 15 is 0 Å². The fourth-order valence-corrected chi connectivity index (χ4v) is 2.24. The maximum Gasteiger partial charge on any atom is 0.260 e. The number of amides is 1. The lowest BCUT2D eigenvalue weighted by atomic mass is 10.2. The van der Waals surface area contributed by atoms with E-state index in [4.69, 9.17) is 9.47 Å². The minimum absolute atomic E-state index is 0.111. The Morgan fingerprint density at radius 2 is 1.81 bits per heavy atom. The normalized spacial score (nSPS) is 10.9. The summed E-state index contributed by atoms with van der Waals surface area (Å²) >= 11 is 0. The summed E-state index contributed by atoms with van der Waals surface area (Å²) in [6, 6.07) is 16.8. The van der Waals surface area contributed by atoms with Gasteiger partial charge >= 0.3 is 0 Å². The van der Waals surface area contributed by atoms with Gasteiger partial charge in [0, 0.05) is 14.1 Å². The largest absolute Gasteiger partial charge is 0.492 e. The zero-order chi connectivity index (χ0) is 18.8. The molecule has 0 fully saturated rings. The molecule has 2 aromatic rings. The standard InChI is InChI=1S/C20H23N3O3/c1-21-18-12-8-7-11-17(18)20(22-2)26-15-19(24)23(3)13-14-25-16-9-5-4-6-10-16/h4-12H,1,13-15H2,2-3H3/b22-20+. The molecular weight excluding hydrogens is 330 g/mol. The molecule has 6 heteroatoms. The topological polar surface area (TPSA) is 63.5 Å². The number of carbonyl (C=O) groups excluding carboxylic acids is 1. The van der Waals surface area contributed by atoms with Gasteiger partial charge in [-0.25, -0.2) is 0 Å². The van der Waals surface area contributed by atoms with Crippen LogP contribution in [0.1, 0.15) is 5.56 Å². The first-order valence-corrected chi connectivity index (χ1v) is 8.23. The van der Waals surface area contributed by atoms with Crippen LogP contribution in [0.4, 0.5) is 5.69 Å². The van der Waals surface area contributed by atoms with Crippen molar-refractivity contribution in [1.82, 2.24) is 4.90 Å². The van der Waals surface area contributed by atoms with E-state index in [0.717, 1.165) is 5.75 Å². The molecule has 0 N–H and O–H groups in total. The van der Waals surface area contributed by atoms with E-state index < -0.39 is 0 Å². The summed E-state index contributed by atoms with van der Waals surface area (Å²) in [4.78, 5) is 21.9. The molecule has 0 radical (unpaired) electrons. The molecule has 0 atom stereocenters. The van der Waals surface area contributed by atoms with Crippen molar-refractivity contribution in [2.45, 2.75) is 0 Å². The number of likely N-dealkylation sites (N-methyl/N-ethyl adjacent to an activating group) is 1. The third-order valence-electron chi connectivity index (χ3n) is 3.70. The number of aliphatic imine (C=N–C) groups is 2. The molecule has 0 spiro atoms. The second kappa shape index (κ2) is 9.98. The smallest absolute Gasteiger partial charge is 0.260 e. The first kappa shape index (κ1) is 19.2. The number of hydrogen-bond donors (Lipinski definition) is 0. The van der Waals surface area contributed by atoms with Crippen LogP contribution in [0, 0.1) is 0 Å². The average Bonchev–Trinajstić information content (AvgIpc) is 2.69. The quantitative estimate of drug-likeness (QED) is 0.541. The van der Waals surface area contributed by atoms with Crippen LogP contribution < -0.4 is 4.74 Å². The van der Waals surface area contributed by atoms with Crippen LogP contribution >= 0.6 is 0 Å². The predicted molar refractivity (Wildman–Crippen MR) is 104 cm³/mol. The highest BCUT2D eigenvalue weighted by molar-refractivity contribution is 6.00. The highest BCUT2D eigenvalue weighted by atomic mass is 16.5. The number of nitrogens with zero attached hydrogens (tertiary/aromatic N) is 3. The molecule has 26 heavy (non-hydrogen) atoms. The van der Waals surface area contributed by atoms with Crippen LogP contribution in [-0.2, 0) is 9.53 Å². The van der Waals surface area contributed by atoms with Crippen LogP contribution in [0.2, 0.25) is 0 Å². The van der Waals surface area contributed by atoms with Crippen LogP contribution in [-0.4, -0.2) is 57.3 Å². The minimum Gasteiger partial charge on any atom is -0.492 e. The summed E-state index contributed by atoms with van der Waals surface area (Å²) in [7, 11) is 3.32. The number of hydrogen-bond acceptors (Lipinski definition) is 5. The molecule has 2 rings (SSSR count). The molecular formula is C20H23N3O3. The van der Waals surface area contributed by atoms with Crippen molar-refractivity contribution in [1.29, 1.82) is 0 Å². The Hall–Kier alpha value is -3.15. The highest BCUT2D eigenvalue weighted by Gasteiger charge is 2.14. The van der Waals surface area contributed by atoms with Gasteiger partial charge in [0.05, 0.1) is 17.8 Å². The molecule has 136 valence electrons.